The second kappa shape index (κ2) is 8.78. The summed E-state index contributed by atoms with van der Waals surface area (Å²) in [6, 6.07) is 7.11. The van der Waals surface area contributed by atoms with Gasteiger partial charge in [0.05, 0.1) is 23.2 Å². The molecule has 1 N–H and O–H groups in total. The van der Waals surface area contributed by atoms with Crippen LogP contribution in [0.4, 0.5) is 0 Å². The van der Waals surface area contributed by atoms with E-state index in [0.717, 1.165) is 24.3 Å². The van der Waals surface area contributed by atoms with Gasteiger partial charge in [-0.3, -0.25) is 9.59 Å². The molecule has 3 heterocycles. The molecule has 1 aromatic heterocycles. The highest BCUT2D eigenvalue weighted by Gasteiger charge is 2.36. The van der Waals surface area contributed by atoms with Gasteiger partial charge in [-0.2, -0.15) is 0 Å². The van der Waals surface area contributed by atoms with Crippen LogP contribution < -0.4 is 10.1 Å². The second-order valence-corrected chi connectivity index (χ2v) is 8.44. The highest BCUT2D eigenvalue weighted by molar-refractivity contribution is 7.09. The average molecular weight is 412 g/mol. The van der Waals surface area contributed by atoms with Crippen LogP contribution in [-0.4, -0.2) is 46.9 Å². The molecule has 0 spiro atoms. The predicted molar refractivity (Wildman–Crippen MR) is 112 cm³/mol. The van der Waals surface area contributed by atoms with Crippen LogP contribution in [0.3, 0.4) is 0 Å². The van der Waals surface area contributed by atoms with Crippen LogP contribution in [-0.2, 0) is 0 Å². The lowest BCUT2D eigenvalue weighted by Crippen LogP contribution is -2.57. The summed E-state index contributed by atoms with van der Waals surface area (Å²) in [7, 11) is 0. The van der Waals surface area contributed by atoms with E-state index in [1.807, 2.05) is 35.4 Å². The number of carbonyl (C=O) groups is 2. The molecule has 152 valence electrons. The number of hydrogen-bond acceptors (Lipinski definition) is 5. The van der Waals surface area contributed by atoms with Gasteiger partial charge in [0.25, 0.3) is 11.8 Å². The van der Waals surface area contributed by atoms with Crippen molar-refractivity contribution in [3.8, 4) is 5.75 Å². The fraction of sp³-hybridized carbons (Fsp3) is 0.409. The SMILES string of the molecule is Cc1nc(C(=O)N2CCC[C@@H]3NC(=O)c4ccccc4OCC/C=C/C[C@@H]32)cs1. The lowest BCUT2D eigenvalue weighted by Gasteiger charge is -2.41. The summed E-state index contributed by atoms with van der Waals surface area (Å²) in [5.41, 5.74) is 1.03. The minimum atomic E-state index is -0.154. The van der Waals surface area contributed by atoms with E-state index in [1.165, 1.54) is 11.3 Å². The summed E-state index contributed by atoms with van der Waals surface area (Å²) in [6.45, 7) is 3.09. The van der Waals surface area contributed by atoms with Crippen molar-refractivity contribution < 1.29 is 14.3 Å². The Labute approximate surface area is 174 Å². The number of carbonyl (C=O) groups excluding carboxylic acids is 2. The van der Waals surface area contributed by atoms with E-state index in [0.29, 0.717) is 36.6 Å². The highest BCUT2D eigenvalue weighted by Crippen LogP contribution is 2.26. The molecule has 4 rings (SSSR count). The van der Waals surface area contributed by atoms with Gasteiger partial charge in [0.15, 0.2) is 0 Å². The van der Waals surface area contributed by atoms with Crippen LogP contribution in [0.15, 0.2) is 41.8 Å². The minimum absolute atomic E-state index is 0.0532. The molecule has 2 amide bonds. The number of hydrogen-bond donors (Lipinski definition) is 1. The van der Waals surface area contributed by atoms with Crippen LogP contribution in [0.2, 0.25) is 0 Å². The van der Waals surface area contributed by atoms with Crippen LogP contribution in [0.5, 0.6) is 5.75 Å². The third-order valence-electron chi connectivity index (χ3n) is 5.41. The lowest BCUT2D eigenvalue weighted by molar-refractivity contribution is 0.0526. The Kier molecular flexibility index (Phi) is 5.94. The standard InChI is InChI=1S/C22H25N3O3S/c1-15-23-18(14-29-15)22(27)25-12-7-9-17-19(25)10-3-2-6-13-28-20-11-5-4-8-16(20)21(26)24-17/h2-5,8,11,14,17,19H,6-7,9-10,12-13H2,1H3,(H,24,26)/b3-2+/t17-,19-/m0/s1. The molecule has 1 fully saturated rings. The normalized spacial score (nSPS) is 23.5. The van der Waals surface area contributed by atoms with Crippen molar-refractivity contribution in [1.29, 1.82) is 0 Å². The molecule has 1 aromatic carbocycles. The molecule has 2 aliphatic rings. The Balaban J connectivity index is 1.62. The van der Waals surface area contributed by atoms with Gasteiger partial charge >= 0.3 is 0 Å². The number of amides is 2. The Morgan fingerprint density at radius 2 is 2.17 bits per heavy atom. The second-order valence-electron chi connectivity index (χ2n) is 7.38. The zero-order valence-electron chi connectivity index (χ0n) is 16.5. The molecule has 0 radical (unpaired) electrons. The van der Waals surface area contributed by atoms with Gasteiger partial charge < -0.3 is 15.0 Å². The summed E-state index contributed by atoms with van der Waals surface area (Å²) in [5.74, 6) is 0.388. The number of thiazole rings is 1. The van der Waals surface area contributed by atoms with Crippen molar-refractivity contribution in [3.05, 3.63) is 58.1 Å². The molecule has 0 bridgehead atoms. The first kappa shape index (κ1) is 19.6. The van der Waals surface area contributed by atoms with Gasteiger partial charge in [-0.25, -0.2) is 4.98 Å². The van der Waals surface area contributed by atoms with E-state index in [1.54, 1.807) is 6.07 Å². The summed E-state index contributed by atoms with van der Waals surface area (Å²) >= 11 is 1.48. The number of ether oxygens (including phenoxy) is 1. The monoisotopic (exact) mass is 411 g/mol. The Morgan fingerprint density at radius 1 is 1.31 bits per heavy atom. The molecular weight excluding hydrogens is 386 g/mol. The molecule has 0 aliphatic carbocycles. The Bertz CT molecular complexity index is 924. The number of rotatable bonds is 1. The molecule has 2 atom stereocenters. The van der Waals surface area contributed by atoms with Gasteiger partial charge in [-0.05, 0) is 44.7 Å². The van der Waals surface area contributed by atoms with Gasteiger partial charge in [-0.1, -0.05) is 24.3 Å². The Morgan fingerprint density at radius 3 is 3.00 bits per heavy atom. The molecular formula is C22H25N3O3S. The first-order valence-corrected chi connectivity index (χ1v) is 10.9. The van der Waals surface area contributed by atoms with E-state index in [2.05, 4.69) is 22.5 Å². The summed E-state index contributed by atoms with van der Waals surface area (Å²) in [5, 5.41) is 5.87. The maximum atomic E-state index is 13.1. The van der Waals surface area contributed by atoms with Gasteiger partial charge in [0.1, 0.15) is 11.4 Å². The summed E-state index contributed by atoms with van der Waals surface area (Å²) in [6.07, 6.45) is 7.32. The number of likely N-dealkylation sites (tertiary alicyclic amines) is 1. The molecule has 6 nitrogen and oxygen atoms in total. The van der Waals surface area contributed by atoms with Gasteiger partial charge in [0.2, 0.25) is 0 Å². The first-order valence-electron chi connectivity index (χ1n) is 10.0. The number of piperidine rings is 1. The van der Waals surface area contributed by atoms with Gasteiger partial charge in [0, 0.05) is 18.0 Å². The van der Waals surface area contributed by atoms with Crippen molar-refractivity contribution in [2.24, 2.45) is 0 Å². The number of aryl methyl sites for hydroxylation is 1. The molecule has 2 aromatic rings. The van der Waals surface area contributed by atoms with E-state index >= 15 is 0 Å². The van der Waals surface area contributed by atoms with E-state index < -0.39 is 0 Å². The van der Waals surface area contributed by atoms with Crippen LogP contribution in [0.25, 0.3) is 0 Å². The summed E-state index contributed by atoms with van der Waals surface area (Å²) in [4.78, 5) is 32.4. The van der Waals surface area contributed by atoms with Crippen LogP contribution in [0, 0.1) is 6.92 Å². The van der Waals surface area contributed by atoms with Crippen molar-refractivity contribution in [2.45, 2.75) is 44.7 Å². The van der Waals surface area contributed by atoms with E-state index in [-0.39, 0.29) is 23.9 Å². The van der Waals surface area contributed by atoms with Crippen LogP contribution in [0.1, 0.15) is 51.5 Å². The largest absolute Gasteiger partial charge is 0.492 e. The maximum Gasteiger partial charge on any atom is 0.273 e. The van der Waals surface area contributed by atoms with E-state index in [9.17, 15) is 9.59 Å². The lowest BCUT2D eigenvalue weighted by atomic mass is 9.92. The topological polar surface area (TPSA) is 71.5 Å². The first-order chi connectivity index (χ1) is 14.1. The zero-order valence-corrected chi connectivity index (χ0v) is 17.3. The molecule has 0 saturated carbocycles. The number of nitrogens with zero attached hydrogens (tertiary/aromatic N) is 2. The number of aromatic nitrogens is 1. The predicted octanol–water partition coefficient (Wildman–Crippen LogP) is 3.58. The molecule has 1 saturated heterocycles. The quantitative estimate of drug-likeness (QED) is 0.728. The average Bonchev–Trinajstić information content (AvgIpc) is 3.16. The zero-order chi connectivity index (χ0) is 20.2. The number of para-hydroxylation sites is 1. The number of fused-ring (bicyclic) bond motifs is 2. The maximum absolute atomic E-state index is 13.1. The number of benzene rings is 1. The highest BCUT2D eigenvalue weighted by atomic mass is 32.1. The van der Waals surface area contributed by atoms with Crippen molar-refractivity contribution in [3.63, 3.8) is 0 Å². The number of nitrogens with one attached hydrogen (secondary N) is 1. The summed E-state index contributed by atoms with van der Waals surface area (Å²) < 4.78 is 5.80. The smallest absolute Gasteiger partial charge is 0.273 e. The van der Waals surface area contributed by atoms with Crippen LogP contribution >= 0.6 is 11.3 Å². The fourth-order valence-electron chi connectivity index (χ4n) is 3.99. The fourth-order valence-corrected chi connectivity index (χ4v) is 4.58. The molecule has 0 unspecified atom stereocenters. The minimum Gasteiger partial charge on any atom is -0.492 e. The van der Waals surface area contributed by atoms with Crippen molar-refractivity contribution in [1.82, 2.24) is 15.2 Å². The van der Waals surface area contributed by atoms with E-state index in [4.69, 9.17) is 4.74 Å². The Hall–Kier alpha value is -2.67. The third-order valence-corrected chi connectivity index (χ3v) is 6.19. The van der Waals surface area contributed by atoms with Crippen molar-refractivity contribution in [2.75, 3.05) is 13.2 Å². The van der Waals surface area contributed by atoms with Crippen molar-refractivity contribution >= 4 is 23.2 Å². The van der Waals surface area contributed by atoms with Gasteiger partial charge in [-0.15, -0.1) is 11.3 Å². The molecule has 2 aliphatic heterocycles. The molecule has 7 heteroatoms. The third kappa shape index (κ3) is 4.34. The molecule has 29 heavy (non-hydrogen) atoms.